The van der Waals surface area contributed by atoms with Crippen molar-refractivity contribution in [1.29, 1.82) is 0 Å². The van der Waals surface area contributed by atoms with Crippen LogP contribution in [-0.2, 0) is 14.6 Å². The molecule has 2 atom stereocenters. The van der Waals surface area contributed by atoms with Crippen molar-refractivity contribution in [2.24, 2.45) is 11.3 Å². The second-order valence-corrected chi connectivity index (χ2v) is 6.34. The second kappa shape index (κ2) is 3.06. The van der Waals surface area contributed by atoms with E-state index in [4.69, 9.17) is 0 Å². The first-order chi connectivity index (χ1) is 5.78. The Morgan fingerprint density at radius 1 is 1.38 bits per heavy atom. The molecule has 0 aromatic rings. The molecule has 1 rings (SSSR count). The van der Waals surface area contributed by atoms with Crippen molar-refractivity contribution in [3.8, 4) is 0 Å². The Labute approximate surface area is 77.9 Å². The van der Waals surface area contributed by atoms with E-state index in [2.05, 4.69) is 0 Å². The van der Waals surface area contributed by atoms with E-state index in [0.717, 1.165) is 0 Å². The molecule has 1 aliphatic rings. The largest absolute Gasteiger partial charge is 0.392 e. The summed E-state index contributed by atoms with van der Waals surface area (Å²) in [6.07, 6.45) is -0.188. The van der Waals surface area contributed by atoms with E-state index in [9.17, 15) is 18.3 Å². The number of hydrogen-bond donors (Lipinski definition) is 1. The van der Waals surface area contributed by atoms with Crippen LogP contribution in [0.4, 0.5) is 0 Å². The van der Waals surface area contributed by atoms with Gasteiger partial charge in [0, 0.05) is 11.3 Å². The van der Waals surface area contributed by atoms with Crippen molar-refractivity contribution in [2.75, 3.05) is 11.5 Å². The third kappa shape index (κ3) is 2.08. The van der Waals surface area contributed by atoms with Crippen molar-refractivity contribution in [3.05, 3.63) is 0 Å². The van der Waals surface area contributed by atoms with Crippen molar-refractivity contribution in [3.63, 3.8) is 0 Å². The Hall–Kier alpha value is -0.420. The van der Waals surface area contributed by atoms with Gasteiger partial charge in [0.1, 0.15) is 6.29 Å². The summed E-state index contributed by atoms with van der Waals surface area (Å²) in [6, 6.07) is 0. The van der Waals surface area contributed by atoms with Gasteiger partial charge in [0.25, 0.3) is 0 Å². The number of hydrogen-bond acceptors (Lipinski definition) is 4. The lowest BCUT2D eigenvalue weighted by molar-refractivity contribution is -0.118. The maximum Gasteiger partial charge on any atom is 0.153 e. The predicted octanol–water partition coefficient (Wildman–Crippen LogP) is -0.383. The quantitative estimate of drug-likeness (QED) is 0.625. The molecular weight excluding hydrogens is 192 g/mol. The monoisotopic (exact) mass is 206 g/mol. The van der Waals surface area contributed by atoms with Gasteiger partial charge < -0.3 is 9.90 Å². The molecule has 1 saturated heterocycles. The highest BCUT2D eigenvalue weighted by Gasteiger charge is 2.44. The van der Waals surface area contributed by atoms with Crippen molar-refractivity contribution in [1.82, 2.24) is 0 Å². The minimum atomic E-state index is -3.15. The van der Waals surface area contributed by atoms with Crippen molar-refractivity contribution in [2.45, 2.75) is 20.0 Å². The van der Waals surface area contributed by atoms with Gasteiger partial charge in [-0.1, -0.05) is 13.8 Å². The molecule has 1 N–H and O–H groups in total. The molecule has 0 spiro atoms. The van der Waals surface area contributed by atoms with Gasteiger partial charge in [-0.3, -0.25) is 0 Å². The molecule has 1 heterocycles. The van der Waals surface area contributed by atoms with Crippen LogP contribution in [0, 0.1) is 11.3 Å². The summed E-state index contributed by atoms with van der Waals surface area (Å²) < 4.78 is 22.3. The highest BCUT2D eigenvalue weighted by Crippen LogP contribution is 2.33. The van der Waals surface area contributed by atoms with Crippen LogP contribution in [0.25, 0.3) is 0 Å². The standard InChI is InChI=1S/C8H14O4S/c1-8(2,5-9)6-3-13(11,12)4-7(6)10/h5-7,10H,3-4H2,1-2H3. The summed E-state index contributed by atoms with van der Waals surface area (Å²) >= 11 is 0. The first kappa shape index (κ1) is 10.7. The van der Waals surface area contributed by atoms with Gasteiger partial charge in [0.05, 0.1) is 17.6 Å². The summed E-state index contributed by atoms with van der Waals surface area (Å²) in [4.78, 5) is 10.7. The molecule has 1 aliphatic heterocycles. The number of carbonyl (C=O) groups is 1. The Balaban J connectivity index is 2.91. The zero-order valence-corrected chi connectivity index (χ0v) is 8.54. The fourth-order valence-corrected chi connectivity index (χ4v) is 3.71. The molecule has 0 amide bonds. The first-order valence-corrected chi connectivity index (χ1v) is 5.95. The number of aliphatic hydroxyl groups is 1. The van der Waals surface area contributed by atoms with Crippen LogP contribution in [0.1, 0.15) is 13.8 Å². The fourth-order valence-electron chi connectivity index (χ4n) is 1.63. The Bertz CT molecular complexity index is 304. The maximum atomic E-state index is 11.1. The molecule has 13 heavy (non-hydrogen) atoms. The summed E-state index contributed by atoms with van der Waals surface area (Å²) in [7, 11) is -3.15. The van der Waals surface area contributed by atoms with Gasteiger partial charge in [0.15, 0.2) is 9.84 Å². The summed E-state index contributed by atoms with van der Waals surface area (Å²) in [5.74, 6) is -0.760. The molecule has 1 fully saturated rings. The van der Waals surface area contributed by atoms with Crippen LogP contribution in [0.2, 0.25) is 0 Å². The Morgan fingerprint density at radius 3 is 2.23 bits per heavy atom. The summed E-state index contributed by atoms with van der Waals surface area (Å²) in [5.41, 5.74) is -0.761. The van der Waals surface area contributed by atoms with Crippen LogP contribution in [0.5, 0.6) is 0 Å². The van der Waals surface area contributed by atoms with E-state index >= 15 is 0 Å². The van der Waals surface area contributed by atoms with Gasteiger partial charge in [0.2, 0.25) is 0 Å². The lowest BCUT2D eigenvalue weighted by Gasteiger charge is -2.26. The maximum absolute atomic E-state index is 11.1. The lowest BCUT2D eigenvalue weighted by atomic mass is 9.79. The molecule has 0 bridgehead atoms. The number of aldehydes is 1. The predicted molar refractivity (Wildman–Crippen MR) is 48.0 cm³/mol. The van der Waals surface area contributed by atoms with Crippen LogP contribution < -0.4 is 0 Å². The summed E-state index contributed by atoms with van der Waals surface area (Å²) in [6.45, 7) is 3.30. The van der Waals surface area contributed by atoms with E-state index in [0.29, 0.717) is 6.29 Å². The zero-order valence-electron chi connectivity index (χ0n) is 7.73. The molecule has 5 heteroatoms. The van der Waals surface area contributed by atoms with E-state index in [1.54, 1.807) is 13.8 Å². The highest BCUT2D eigenvalue weighted by atomic mass is 32.2. The molecule has 0 aromatic heterocycles. The van der Waals surface area contributed by atoms with E-state index < -0.39 is 27.3 Å². The Kier molecular flexibility index (Phi) is 2.51. The molecule has 2 unspecified atom stereocenters. The molecular formula is C8H14O4S. The topological polar surface area (TPSA) is 71.4 Å². The number of carbonyl (C=O) groups excluding carboxylic acids is 1. The van der Waals surface area contributed by atoms with E-state index in [1.807, 2.05) is 0 Å². The molecule has 0 radical (unpaired) electrons. The third-order valence-electron chi connectivity index (χ3n) is 2.58. The van der Waals surface area contributed by atoms with Gasteiger partial charge >= 0.3 is 0 Å². The molecule has 0 saturated carbocycles. The van der Waals surface area contributed by atoms with Crippen LogP contribution in [0.3, 0.4) is 0 Å². The average molecular weight is 206 g/mol. The SMILES string of the molecule is CC(C)(C=O)C1CS(=O)(=O)CC1O. The van der Waals surface area contributed by atoms with Crippen molar-refractivity contribution < 1.29 is 18.3 Å². The lowest BCUT2D eigenvalue weighted by Crippen LogP contribution is -2.34. The zero-order chi connectivity index (χ0) is 10.3. The fraction of sp³-hybridized carbons (Fsp3) is 0.875. The van der Waals surface area contributed by atoms with Gasteiger partial charge in [-0.05, 0) is 0 Å². The number of rotatable bonds is 2. The molecule has 76 valence electrons. The summed E-state index contributed by atoms with van der Waals surface area (Å²) in [5, 5.41) is 9.45. The van der Waals surface area contributed by atoms with Gasteiger partial charge in [-0.15, -0.1) is 0 Å². The van der Waals surface area contributed by atoms with Crippen molar-refractivity contribution >= 4 is 16.1 Å². The third-order valence-corrected chi connectivity index (χ3v) is 4.30. The molecule has 4 nitrogen and oxygen atoms in total. The second-order valence-electron chi connectivity index (χ2n) is 4.19. The van der Waals surface area contributed by atoms with E-state index in [1.165, 1.54) is 0 Å². The smallest absolute Gasteiger partial charge is 0.153 e. The van der Waals surface area contributed by atoms with Gasteiger partial charge in [-0.25, -0.2) is 8.42 Å². The highest BCUT2D eigenvalue weighted by molar-refractivity contribution is 7.91. The van der Waals surface area contributed by atoms with Crippen LogP contribution in [-0.4, -0.2) is 37.4 Å². The molecule has 0 aromatic carbocycles. The van der Waals surface area contributed by atoms with Gasteiger partial charge in [-0.2, -0.15) is 0 Å². The average Bonchev–Trinajstić information content (AvgIpc) is 2.25. The van der Waals surface area contributed by atoms with E-state index in [-0.39, 0.29) is 11.5 Å². The number of sulfone groups is 1. The minimum absolute atomic E-state index is 0.0834. The van der Waals surface area contributed by atoms with Crippen LogP contribution >= 0.6 is 0 Å². The minimum Gasteiger partial charge on any atom is -0.392 e. The Morgan fingerprint density at radius 2 is 1.92 bits per heavy atom. The normalized spacial score (nSPS) is 33.2. The van der Waals surface area contributed by atoms with Crippen LogP contribution in [0.15, 0.2) is 0 Å². The first-order valence-electron chi connectivity index (χ1n) is 4.13. The molecule has 0 aliphatic carbocycles. The number of aliphatic hydroxyl groups excluding tert-OH is 1.